The van der Waals surface area contributed by atoms with Crippen molar-refractivity contribution in [3.05, 3.63) is 49.8 Å². The summed E-state index contributed by atoms with van der Waals surface area (Å²) in [6.07, 6.45) is 0.0932. The van der Waals surface area contributed by atoms with Crippen LogP contribution in [0, 0.1) is 0 Å². The van der Waals surface area contributed by atoms with E-state index in [9.17, 15) is 5.11 Å². The minimum absolute atomic E-state index is 0.548. The number of thiazole rings is 1. The lowest BCUT2D eigenvalue weighted by Gasteiger charge is -2.18. The van der Waals surface area contributed by atoms with E-state index in [0.29, 0.717) is 11.4 Å². The summed E-state index contributed by atoms with van der Waals surface area (Å²) in [6.45, 7) is 1.58. The van der Waals surface area contributed by atoms with Crippen molar-refractivity contribution < 1.29 is 5.11 Å². The van der Waals surface area contributed by atoms with Gasteiger partial charge in [-0.1, -0.05) is 33.6 Å². The van der Waals surface area contributed by atoms with Crippen molar-refractivity contribution in [3.63, 3.8) is 0 Å². The number of aromatic nitrogens is 1. The van der Waals surface area contributed by atoms with Gasteiger partial charge in [-0.15, -0.1) is 11.3 Å². The summed E-state index contributed by atoms with van der Waals surface area (Å²) in [7, 11) is 2.02. The molecule has 1 atom stereocenters. The third kappa shape index (κ3) is 4.53. The van der Waals surface area contributed by atoms with E-state index in [2.05, 4.69) is 25.8 Å². The molecular formula is C14H16BrClN2OS. The Hall–Kier alpha value is -0.460. The minimum Gasteiger partial charge on any atom is -0.388 e. The van der Waals surface area contributed by atoms with Crippen LogP contribution in [0.3, 0.4) is 0 Å². The SMILES string of the molecule is CN(CCC(O)c1ccc(Br)cc1Cl)Cc1cscn1. The molecule has 0 saturated heterocycles. The van der Waals surface area contributed by atoms with E-state index < -0.39 is 6.10 Å². The van der Waals surface area contributed by atoms with Crippen molar-refractivity contribution in [2.45, 2.75) is 19.1 Å². The third-order valence-corrected chi connectivity index (χ3v) is 4.48. The Morgan fingerprint density at radius 1 is 1.50 bits per heavy atom. The normalized spacial score (nSPS) is 12.8. The van der Waals surface area contributed by atoms with Gasteiger partial charge in [-0.3, -0.25) is 0 Å². The van der Waals surface area contributed by atoms with E-state index in [1.165, 1.54) is 0 Å². The fourth-order valence-corrected chi connectivity index (χ4v) is 3.29. The van der Waals surface area contributed by atoms with Crippen LogP contribution < -0.4 is 0 Å². The highest BCUT2D eigenvalue weighted by atomic mass is 79.9. The molecule has 3 nitrogen and oxygen atoms in total. The van der Waals surface area contributed by atoms with Crippen LogP contribution in [0.25, 0.3) is 0 Å². The monoisotopic (exact) mass is 374 g/mol. The van der Waals surface area contributed by atoms with Crippen LogP contribution >= 0.6 is 38.9 Å². The van der Waals surface area contributed by atoms with Gasteiger partial charge < -0.3 is 10.0 Å². The van der Waals surface area contributed by atoms with Gasteiger partial charge in [0, 0.05) is 28.0 Å². The zero-order valence-corrected chi connectivity index (χ0v) is 14.2. The van der Waals surface area contributed by atoms with E-state index in [0.717, 1.165) is 28.8 Å². The number of hydrogen-bond acceptors (Lipinski definition) is 4. The summed E-state index contributed by atoms with van der Waals surface area (Å²) in [6, 6.07) is 5.56. The van der Waals surface area contributed by atoms with E-state index >= 15 is 0 Å². The molecule has 1 aromatic heterocycles. The molecular weight excluding hydrogens is 360 g/mol. The fourth-order valence-electron chi connectivity index (χ4n) is 1.94. The van der Waals surface area contributed by atoms with E-state index in [1.54, 1.807) is 17.4 Å². The number of hydrogen-bond donors (Lipinski definition) is 1. The van der Waals surface area contributed by atoms with Gasteiger partial charge in [0.15, 0.2) is 0 Å². The Morgan fingerprint density at radius 3 is 2.95 bits per heavy atom. The molecule has 6 heteroatoms. The molecule has 0 spiro atoms. The summed E-state index contributed by atoms with van der Waals surface area (Å²) in [5.74, 6) is 0. The number of rotatable bonds is 6. The summed E-state index contributed by atoms with van der Waals surface area (Å²) < 4.78 is 0.916. The highest BCUT2D eigenvalue weighted by Crippen LogP contribution is 2.28. The quantitative estimate of drug-likeness (QED) is 0.825. The van der Waals surface area contributed by atoms with E-state index in [4.69, 9.17) is 11.6 Å². The van der Waals surface area contributed by atoms with Crippen LogP contribution in [0.4, 0.5) is 0 Å². The summed E-state index contributed by atoms with van der Waals surface area (Å²) in [4.78, 5) is 6.40. The van der Waals surface area contributed by atoms with Gasteiger partial charge in [0.25, 0.3) is 0 Å². The van der Waals surface area contributed by atoms with Crippen molar-refractivity contribution in [2.75, 3.05) is 13.6 Å². The average Bonchev–Trinajstić information content (AvgIpc) is 2.89. The Bertz CT molecular complexity index is 550. The van der Waals surface area contributed by atoms with Crippen LogP contribution in [0.2, 0.25) is 5.02 Å². The number of aliphatic hydroxyl groups excluding tert-OH is 1. The molecule has 0 aliphatic heterocycles. The second-order valence-electron chi connectivity index (χ2n) is 4.69. The smallest absolute Gasteiger partial charge is 0.0816 e. The van der Waals surface area contributed by atoms with Crippen molar-refractivity contribution in [3.8, 4) is 0 Å². The van der Waals surface area contributed by atoms with Gasteiger partial charge in [0.05, 0.1) is 17.3 Å². The predicted octanol–water partition coefficient (Wildman–Crippen LogP) is 4.11. The summed E-state index contributed by atoms with van der Waals surface area (Å²) >= 11 is 11.1. The lowest BCUT2D eigenvalue weighted by atomic mass is 10.1. The lowest BCUT2D eigenvalue weighted by Crippen LogP contribution is -2.21. The number of nitrogens with zero attached hydrogens (tertiary/aromatic N) is 2. The Morgan fingerprint density at radius 2 is 2.30 bits per heavy atom. The molecule has 0 bridgehead atoms. The third-order valence-electron chi connectivity index (χ3n) is 3.02. The molecule has 0 fully saturated rings. The average molecular weight is 376 g/mol. The molecule has 1 heterocycles. The zero-order valence-electron chi connectivity index (χ0n) is 11.1. The highest BCUT2D eigenvalue weighted by molar-refractivity contribution is 9.10. The molecule has 0 radical (unpaired) electrons. The topological polar surface area (TPSA) is 36.4 Å². The van der Waals surface area contributed by atoms with Gasteiger partial charge >= 0.3 is 0 Å². The first kappa shape index (κ1) is 15.9. The van der Waals surface area contributed by atoms with Gasteiger partial charge in [-0.2, -0.15) is 0 Å². The Labute approximate surface area is 136 Å². The van der Waals surface area contributed by atoms with Crippen molar-refractivity contribution in [2.24, 2.45) is 0 Å². The second-order valence-corrected chi connectivity index (χ2v) is 6.73. The van der Waals surface area contributed by atoms with E-state index in [-0.39, 0.29) is 0 Å². The number of benzene rings is 1. The first-order valence-corrected chi connectivity index (χ1v) is 8.36. The van der Waals surface area contributed by atoms with Crippen molar-refractivity contribution in [1.29, 1.82) is 0 Å². The molecule has 108 valence electrons. The van der Waals surface area contributed by atoms with Crippen LogP contribution in [0.5, 0.6) is 0 Å². The molecule has 0 aliphatic rings. The first-order valence-electron chi connectivity index (χ1n) is 6.25. The number of halogens is 2. The van der Waals surface area contributed by atoms with Crippen LogP contribution in [0.1, 0.15) is 23.8 Å². The van der Waals surface area contributed by atoms with Gasteiger partial charge in [0.2, 0.25) is 0 Å². The highest BCUT2D eigenvalue weighted by Gasteiger charge is 2.13. The van der Waals surface area contributed by atoms with Gasteiger partial charge in [0.1, 0.15) is 0 Å². The molecule has 1 unspecified atom stereocenters. The number of aliphatic hydroxyl groups is 1. The van der Waals surface area contributed by atoms with Crippen LogP contribution in [-0.4, -0.2) is 28.6 Å². The molecule has 0 saturated carbocycles. The van der Waals surface area contributed by atoms with Crippen LogP contribution in [-0.2, 0) is 6.54 Å². The standard InChI is InChI=1S/C14H16BrClN2OS/c1-18(7-11-8-20-9-17-11)5-4-14(19)12-3-2-10(15)6-13(12)16/h2-3,6,8-9,14,19H,4-5,7H2,1H3. The molecule has 1 aromatic carbocycles. The Kier molecular flexibility index (Phi) is 5.99. The zero-order chi connectivity index (χ0) is 14.5. The van der Waals surface area contributed by atoms with E-state index in [1.807, 2.05) is 30.1 Å². The maximum absolute atomic E-state index is 10.2. The largest absolute Gasteiger partial charge is 0.388 e. The molecule has 1 N–H and O–H groups in total. The van der Waals surface area contributed by atoms with Crippen LogP contribution in [0.15, 0.2) is 33.6 Å². The maximum Gasteiger partial charge on any atom is 0.0816 e. The second kappa shape index (κ2) is 7.52. The molecule has 0 aliphatic carbocycles. The molecule has 20 heavy (non-hydrogen) atoms. The maximum atomic E-state index is 10.2. The Balaban J connectivity index is 1.86. The van der Waals surface area contributed by atoms with Crippen molar-refractivity contribution >= 4 is 38.9 Å². The molecule has 2 aromatic rings. The van der Waals surface area contributed by atoms with Crippen molar-refractivity contribution in [1.82, 2.24) is 9.88 Å². The predicted molar refractivity (Wildman–Crippen MR) is 87.2 cm³/mol. The minimum atomic E-state index is -0.548. The fraction of sp³-hybridized carbons (Fsp3) is 0.357. The van der Waals surface area contributed by atoms with Gasteiger partial charge in [-0.05, 0) is 31.2 Å². The lowest BCUT2D eigenvalue weighted by molar-refractivity contribution is 0.147. The first-order chi connectivity index (χ1) is 9.56. The van der Waals surface area contributed by atoms with Gasteiger partial charge in [-0.25, -0.2) is 4.98 Å². The molecule has 2 rings (SSSR count). The molecule has 0 amide bonds. The summed E-state index contributed by atoms with van der Waals surface area (Å²) in [5, 5.41) is 12.9. The summed E-state index contributed by atoms with van der Waals surface area (Å²) in [5.41, 5.74) is 3.67.